The van der Waals surface area contributed by atoms with Crippen LogP contribution in [0.25, 0.3) is 0 Å². The Morgan fingerprint density at radius 2 is 1.93 bits per heavy atom. The van der Waals surface area contributed by atoms with E-state index < -0.39 is 0 Å². The number of rotatable bonds is 9. The van der Waals surface area contributed by atoms with Crippen molar-refractivity contribution in [2.75, 3.05) is 13.2 Å². The maximum absolute atomic E-state index is 13.0. The Labute approximate surface area is 170 Å². The van der Waals surface area contributed by atoms with Crippen LogP contribution in [-0.2, 0) is 17.9 Å². The number of halogens is 1. The van der Waals surface area contributed by atoms with Gasteiger partial charge in [-0.25, -0.2) is 9.38 Å². The van der Waals surface area contributed by atoms with E-state index in [2.05, 4.69) is 20.9 Å². The topological polar surface area (TPSA) is 74.8 Å². The number of amides is 1. The standard InChI is InChI=1S/C22H27FN4O2/c1-2-24-22(25-13-16-6-8-18(23)9-7-16)26-14-17-4-3-5-20(12-17)29-15-21(28)27-19-10-11-19/h3-9,12,19H,2,10-11,13-15H2,1H3,(H,27,28)(H2,24,25,26). The fourth-order valence-electron chi connectivity index (χ4n) is 2.68. The molecule has 0 radical (unpaired) electrons. The normalized spacial score (nSPS) is 13.7. The molecule has 1 aliphatic carbocycles. The molecule has 154 valence electrons. The monoisotopic (exact) mass is 398 g/mol. The van der Waals surface area contributed by atoms with E-state index in [0.29, 0.717) is 30.8 Å². The highest BCUT2D eigenvalue weighted by Crippen LogP contribution is 2.18. The van der Waals surface area contributed by atoms with Gasteiger partial charge in [0, 0.05) is 19.1 Å². The zero-order valence-electron chi connectivity index (χ0n) is 16.6. The maximum Gasteiger partial charge on any atom is 0.258 e. The van der Waals surface area contributed by atoms with Crippen LogP contribution >= 0.6 is 0 Å². The molecule has 0 unspecified atom stereocenters. The highest BCUT2D eigenvalue weighted by Gasteiger charge is 2.23. The number of nitrogens with zero attached hydrogens (tertiary/aromatic N) is 1. The van der Waals surface area contributed by atoms with Crippen LogP contribution in [-0.4, -0.2) is 31.1 Å². The number of aliphatic imine (C=N–C) groups is 1. The van der Waals surface area contributed by atoms with Gasteiger partial charge >= 0.3 is 0 Å². The van der Waals surface area contributed by atoms with Crippen LogP contribution in [0.5, 0.6) is 5.75 Å². The summed E-state index contributed by atoms with van der Waals surface area (Å²) in [6.07, 6.45) is 2.12. The first-order valence-electron chi connectivity index (χ1n) is 9.90. The molecule has 1 amide bonds. The second-order valence-corrected chi connectivity index (χ2v) is 6.95. The van der Waals surface area contributed by atoms with Gasteiger partial charge in [0.2, 0.25) is 0 Å². The molecule has 0 aromatic heterocycles. The van der Waals surface area contributed by atoms with Crippen LogP contribution in [0.1, 0.15) is 30.9 Å². The summed E-state index contributed by atoms with van der Waals surface area (Å²) < 4.78 is 18.6. The minimum absolute atomic E-state index is 0.0189. The molecule has 29 heavy (non-hydrogen) atoms. The Morgan fingerprint density at radius 3 is 2.66 bits per heavy atom. The summed E-state index contributed by atoms with van der Waals surface area (Å²) in [5.74, 6) is 0.983. The Balaban J connectivity index is 1.52. The van der Waals surface area contributed by atoms with Crippen molar-refractivity contribution in [3.05, 3.63) is 65.5 Å². The van der Waals surface area contributed by atoms with Crippen molar-refractivity contribution in [1.82, 2.24) is 16.0 Å². The highest BCUT2D eigenvalue weighted by atomic mass is 19.1. The molecular formula is C22H27FN4O2. The predicted molar refractivity (Wildman–Crippen MR) is 111 cm³/mol. The van der Waals surface area contributed by atoms with Crippen LogP contribution in [0, 0.1) is 5.82 Å². The van der Waals surface area contributed by atoms with E-state index in [9.17, 15) is 9.18 Å². The van der Waals surface area contributed by atoms with Crippen molar-refractivity contribution in [2.24, 2.45) is 4.99 Å². The van der Waals surface area contributed by atoms with Crippen molar-refractivity contribution in [3.8, 4) is 5.75 Å². The van der Waals surface area contributed by atoms with Crippen molar-refractivity contribution in [2.45, 2.75) is 38.9 Å². The summed E-state index contributed by atoms with van der Waals surface area (Å²) in [6, 6.07) is 14.3. The van der Waals surface area contributed by atoms with Gasteiger partial charge in [-0.3, -0.25) is 4.79 Å². The van der Waals surface area contributed by atoms with Gasteiger partial charge in [0.25, 0.3) is 5.91 Å². The molecule has 0 heterocycles. The van der Waals surface area contributed by atoms with Crippen LogP contribution in [0.2, 0.25) is 0 Å². The Morgan fingerprint density at radius 1 is 1.14 bits per heavy atom. The lowest BCUT2D eigenvalue weighted by Gasteiger charge is -2.12. The van der Waals surface area contributed by atoms with E-state index in [4.69, 9.17) is 4.74 Å². The average Bonchev–Trinajstić information content (AvgIpc) is 3.54. The molecule has 3 rings (SSSR count). The number of carbonyl (C=O) groups is 1. The largest absolute Gasteiger partial charge is 0.484 e. The quantitative estimate of drug-likeness (QED) is 0.449. The number of ether oxygens (including phenoxy) is 1. The molecule has 1 aliphatic rings. The van der Waals surface area contributed by atoms with E-state index in [1.165, 1.54) is 12.1 Å². The smallest absolute Gasteiger partial charge is 0.258 e. The molecule has 1 fully saturated rings. The second-order valence-electron chi connectivity index (χ2n) is 6.95. The SMILES string of the molecule is CCNC(=NCc1cccc(OCC(=O)NC2CC2)c1)NCc1ccc(F)cc1. The third-order valence-corrected chi connectivity index (χ3v) is 4.35. The van der Waals surface area contributed by atoms with E-state index in [1.807, 2.05) is 31.2 Å². The number of benzene rings is 2. The number of nitrogens with one attached hydrogen (secondary N) is 3. The van der Waals surface area contributed by atoms with Gasteiger partial charge in [0.1, 0.15) is 11.6 Å². The zero-order valence-corrected chi connectivity index (χ0v) is 16.6. The summed E-state index contributed by atoms with van der Waals surface area (Å²) >= 11 is 0. The Bertz CT molecular complexity index is 835. The molecule has 0 spiro atoms. The van der Waals surface area contributed by atoms with Crippen LogP contribution in [0.3, 0.4) is 0 Å². The molecule has 6 nitrogen and oxygen atoms in total. The summed E-state index contributed by atoms with van der Waals surface area (Å²) in [4.78, 5) is 16.3. The van der Waals surface area contributed by atoms with Gasteiger partial charge in [-0.05, 0) is 55.2 Å². The third kappa shape index (κ3) is 7.44. The summed E-state index contributed by atoms with van der Waals surface area (Å²) in [7, 11) is 0. The first-order chi connectivity index (χ1) is 14.1. The number of hydrogen-bond donors (Lipinski definition) is 3. The molecule has 2 aromatic rings. The first-order valence-corrected chi connectivity index (χ1v) is 9.90. The highest BCUT2D eigenvalue weighted by molar-refractivity contribution is 5.79. The van der Waals surface area contributed by atoms with Gasteiger partial charge < -0.3 is 20.7 Å². The van der Waals surface area contributed by atoms with E-state index >= 15 is 0 Å². The van der Waals surface area contributed by atoms with Gasteiger partial charge in [-0.15, -0.1) is 0 Å². The van der Waals surface area contributed by atoms with Gasteiger partial charge in [0.05, 0.1) is 6.54 Å². The van der Waals surface area contributed by atoms with Crippen LogP contribution in [0.4, 0.5) is 4.39 Å². The van der Waals surface area contributed by atoms with Gasteiger partial charge in [-0.2, -0.15) is 0 Å². The molecule has 3 N–H and O–H groups in total. The fourth-order valence-corrected chi connectivity index (χ4v) is 2.68. The van der Waals surface area contributed by atoms with E-state index in [0.717, 1.165) is 30.5 Å². The van der Waals surface area contributed by atoms with Crippen molar-refractivity contribution < 1.29 is 13.9 Å². The average molecular weight is 398 g/mol. The van der Waals surface area contributed by atoms with E-state index in [1.54, 1.807) is 12.1 Å². The number of guanidine groups is 1. The molecule has 0 atom stereocenters. The number of hydrogen-bond acceptors (Lipinski definition) is 3. The fraction of sp³-hybridized carbons (Fsp3) is 0.364. The molecule has 1 saturated carbocycles. The van der Waals surface area contributed by atoms with E-state index in [-0.39, 0.29) is 18.3 Å². The molecule has 7 heteroatoms. The van der Waals surface area contributed by atoms with Crippen LogP contribution in [0.15, 0.2) is 53.5 Å². The van der Waals surface area contributed by atoms with Crippen molar-refractivity contribution in [3.63, 3.8) is 0 Å². The summed E-state index contributed by atoms with van der Waals surface area (Å²) in [6.45, 7) is 3.76. The molecular weight excluding hydrogens is 371 g/mol. The number of carbonyl (C=O) groups excluding carboxylic acids is 1. The minimum Gasteiger partial charge on any atom is -0.484 e. The van der Waals surface area contributed by atoms with Gasteiger partial charge in [-0.1, -0.05) is 24.3 Å². The predicted octanol–water partition coefficient (Wildman–Crippen LogP) is 2.74. The second kappa shape index (κ2) is 10.5. The maximum atomic E-state index is 13.0. The lowest BCUT2D eigenvalue weighted by molar-refractivity contribution is -0.123. The minimum atomic E-state index is -0.249. The van der Waals surface area contributed by atoms with Crippen molar-refractivity contribution >= 4 is 11.9 Å². The van der Waals surface area contributed by atoms with Crippen LogP contribution < -0.4 is 20.7 Å². The lowest BCUT2D eigenvalue weighted by Crippen LogP contribution is -2.36. The third-order valence-electron chi connectivity index (χ3n) is 4.35. The molecule has 0 saturated heterocycles. The molecule has 2 aromatic carbocycles. The van der Waals surface area contributed by atoms with Crippen molar-refractivity contribution in [1.29, 1.82) is 0 Å². The molecule has 0 bridgehead atoms. The molecule has 0 aliphatic heterocycles. The Hall–Kier alpha value is -3.09. The van der Waals surface area contributed by atoms with Gasteiger partial charge in [0.15, 0.2) is 12.6 Å². The first kappa shape index (κ1) is 20.6. The lowest BCUT2D eigenvalue weighted by atomic mass is 10.2. The Kier molecular flexibility index (Phi) is 7.44. The summed E-state index contributed by atoms with van der Waals surface area (Å²) in [5.41, 5.74) is 1.95. The summed E-state index contributed by atoms with van der Waals surface area (Å²) in [5, 5.41) is 9.33. The zero-order chi connectivity index (χ0) is 20.5.